The van der Waals surface area contributed by atoms with Crippen molar-refractivity contribution in [3.63, 3.8) is 0 Å². The van der Waals surface area contributed by atoms with Gasteiger partial charge < -0.3 is 15.5 Å². The Hall–Kier alpha value is -2.91. The predicted octanol–water partition coefficient (Wildman–Crippen LogP) is 3.40. The lowest BCUT2D eigenvalue weighted by Gasteiger charge is -2.19. The summed E-state index contributed by atoms with van der Waals surface area (Å²) in [5.74, 6) is 0.127. The van der Waals surface area contributed by atoms with Crippen molar-refractivity contribution in [2.24, 2.45) is 0 Å². The zero-order valence-corrected chi connectivity index (χ0v) is 20.2. The second kappa shape index (κ2) is 10.8. The molecule has 2 aromatic rings. The third kappa shape index (κ3) is 5.91. The maximum atomic E-state index is 12.6. The molecule has 3 amide bonds. The molecule has 8 nitrogen and oxygen atoms in total. The first-order valence-electron chi connectivity index (χ1n) is 11.3. The number of carbonyl (C=O) groups excluding carboxylic acids is 2. The Balaban J connectivity index is 1.56. The van der Waals surface area contributed by atoms with Crippen molar-refractivity contribution in [3.05, 3.63) is 59.7 Å². The fourth-order valence-corrected chi connectivity index (χ4v) is 5.37. The topological polar surface area (TPSA) is 98.8 Å². The first-order valence-corrected chi connectivity index (χ1v) is 12.7. The molecule has 0 aromatic heterocycles. The molecule has 1 unspecified atom stereocenters. The number of amides is 3. The molecule has 1 saturated heterocycles. The molecule has 178 valence electrons. The normalized spacial score (nSPS) is 15.0. The van der Waals surface area contributed by atoms with E-state index in [1.165, 1.54) is 4.31 Å². The fraction of sp³-hybridized carbons (Fsp3) is 0.417. The van der Waals surface area contributed by atoms with Crippen LogP contribution in [-0.4, -0.2) is 44.3 Å². The molecule has 1 fully saturated rings. The Morgan fingerprint density at radius 2 is 1.82 bits per heavy atom. The highest BCUT2D eigenvalue weighted by atomic mass is 32.2. The summed E-state index contributed by atoms with van der Waals surface area (Å²) in [6.45, 7) is 7.33. The Bertz CT molecular complexity index is 1080. The average Bonchev–Trinajstić information content (AvgIpc) is 3.24. The van der Waals surface area contributed by atoms with Crippen molar-refractivity contribution in [2.75, 3.05) is 24.5 Å². The molecular weight excluding hydrogens is 440 g/mol. The first-order chi connectivity index (χ1) is 15.8. The number of sulfonamides is 1. The van der Waals surface area contributed by atoms with E-state index in [9.17, 15) is 18.0 Å². The Morgan fingerprint density at radius 3 is 2.42 bits per heavy atom. The molecule has 2 N–H and O–H groups in total. The molecule has 3 rings (SSSR count). The van der Waals surface area contributed by atoms with Crippen molar-refractivity contribution >= 4 is 27.6 Å². The zero-order valence-electron chi connectivity index (χ0n) is 19.4. The summed E-state index contributed by atoms with van der Waals surface area (Å²) in [5.41, 5.74) is 2.56. The van der Waals surface area contributed by atoms with Gasteiger partial charge in [-0.05, 0) is 48.7 Å². The molecule has 0 bridgehead atoms. The second-order valence-electron chi connectivity index (χ2n) is 8.03. The second-order valence-corrected chi connectivity index (χ2v) is 9.96. The highest BCUT2D eigenvalue weighted by Crippen LogP contribution is 2.22. The van der Waals surface area contributed by atoms with Gasteiger partial charge in [0.15, 0.2) is 0 Å². The number of urea groups is 1. The highest BCUT2D eigenvalue weighted by molar-refractivity contribution is 7.89. The van der Waals surface area contributed by atoms with Crippen LogP contribution in [0.4, 0.5) is 10.5 Å². The molecule has 1 aliphatic heterocycles. The Kier molecular flexibility index (Phi) is 8.10. The minimum Gasteiger partial charge on any atom is -0.334 e. The van der Waals surface area contributed by atoms with Crippen molar-refractivity contribution in [2.45, 2.75) is 51.1 Å². The number of benzene rings is 2. The summed E-state index contributed by atoms with van der Waals surface area (Å²) in [5, 5.41) is 5.71. The van der Waals surface area contributed by atoms with Crippen LogP contribution in [0, 0.1) is 0 Å². The van der Waals surface area contributed by atoms with E-state index in [1.807, 2.05) is 45.0 Å². The lowest BCUT2D eigenvalue weighted by Crippen LogP contribution is -2.36. The molecule has 1 atom stereocenters. The predicted molar refractivity (Wildman–Crippen MR) is 128 cm³/mol. The SMILES string of the molecule is CCN(CC)S(=O)(=O)c1ccc(C(C)NC(=O)NCc2cccc(N3CCCC3=O)c2)cc1. The van der Waals surface area contributed by atoms with Crippen LogP contribution in [0.15, 0.2) is 53.4 Å². The van der Waals surface area contributed by atoms with E-state index in [2.05, 4.69) is 10.6 Å². The number of hydrogen-bond acceptors (Lipinski definition) is 4. The van der Waals surface area contributed by atoms with Gasteiger partial charge in [0, 0.05) is 38.3 Å². The molecule has 1 aliphatic rings. The quantitative estimate of drug-likeness (QED) is 0.584. The van der Waals surface area contributed by atoms with Gasteiger partial charge in [-0.2, -0.15) is 4.31 Å². The largest absolute Gasteiger partial charge is 0.334 e. The molecule has 0 radical (unpaired) electrons. The van der Waals surface area contributed by atoms with E-state index in [4.69, 9.17) is 0 Å². The average molecular weight is 473 g/mol. The van der Waals surface area contributed by atoms with Crippen LogP contribution < -0.4 is 15.5 Å². The number of nitrogens with zero attached hydrogens (tertiary/aromatic N) is 2. The van der Waals surface area contributed by atoms with Gasteiger partial charge in [-0.3, -0.25) is 4.79 Å². The molecule has 33 heavy (non-hydrogen) atoms. The number of hydrogen-bond donors (Lipinski definition) is 2. The van der Waals surface area contributed by atoms with Crippen LogP contribution >= 0.6 is 0 Å². The molecule has 0 aliphatic carbocycles. The summed E-state index contributed by atoms with van der Waals surface area (Å²) < 4.78 is 26.7. The van der Waals surface area contributed by atoms with Gasteiger partial charge in [-0.15, -0.1) is 0 Å². The third-order valence-corrected chi connectivity index (χ3v) is 7.88. The van der Waals surface area contributed by atoms with Crippen molar-refractivity contribution in [1.82, 2.24) is 14.9 Å². The van der Waals surface area contributed by atoms with Crippen LogP contribution in [0.3, 0.4) is 0 Å². The maximum absolute atomic E-state index is 12.6. The molecular formula is C24H32N4O4S. The van der Waals surface area contributed by atoms with E-state index in [1.54, 1.807) is 29.2 Å². The highest BCUT2D eigenvalue weighted by Gasteiger charge is 2.23. The Labute approximate surface area is 196 Å². The van der Waals surface area contributed by atoms with Gasteiger partial charge >= 0.3 is 6.03 Å². The number of carbonyl (C=O) groups is 2. The van der Waals surface area contributed by atoms with E-state index in [0.717, 1.165) is 29.8 Å². The zero-order chi connectivity index (χ0) is 24.0. The summed E-state index contributed by atoms with van der Waals surface area (Å²) >= 11 is 0. The molecule has 0 spiro atoms. The first kappa shape index (κ1) is 24.7. The minimum atomic E-state index is -3.51. The van der Waals surface area contributed by atoms with Crippen molar-refractivity contribution < 1.29 is 18.0 Å². The molecule has 9 heteroatoms. The van der Waals surface area contributed by atoms with Gasteiger partial charge in [0.05, 0.1) is 10.9 Å². The molecule has 1 heterocycles. The Morgan fingerprint density at radius 1 is 1.12 bits per heavy atom. The molecule has 2 aromatic carbocycles. The van der Waals surface area contributed by atoms with Crippen LogP contribution in [0.25, 0.3) is 0 Å². The van der Waals surface area contributed by atoms with E-state index < -0.39 is 10.0 Å². The van der Waals surface area contributed by atoms with Crippen molar-refractivity contribution in [3.8, 4) is 0 Å². The fourth-order valence-electron chi connectivity index (χ4n) is 3.91. The number of rotatable bonds is 9. The van der Waals surface area contributed by atoms with Gasteiger partial charge in [-0.25, -0.2) is 13.2 Å². The lowest BCUT2D eigenvalue weighted by atomic mass is 10.1. The maximum Gasteiger partial charge on any atom is 0.315 e. The minimum absolute atomic E-state index is 0.127. The van der Waals surface area contributed by atoms with Crippen LogP contribution in [0.1, 0.15) is 50.8 Å². The van der Waals surface area contributed by atoms with E-state index in [-0.39, 0.29) is 22.9 Å². The van der Waals surface area contributed by atoms with E-state index >= 15 is 0 Å². The number of nitrogens with one attached hydrogen (secondary N) is 2. The van der Waals surface area contributed by atoms with Gasteiger partial charge in [0.1, 0.15) is 0 Å². The van der Waals surface area contributed by atoms with Gasteiger partial charge in [0.2, 0.25) is 15.9 Å². The van der Waals surface area contributed by atoms with E-state index in [0.29, 0.717) is 26.1 Å². The van der Waals surface area contributed by atoms with Gasteiger partial charge in [-0.1, -0.05) is 38.1 Å². The van der Waals surface area contributed by atoms with Crippen LogP contribution in [0.5, 0.6) is 0 Å². The van der Waals surface area contributed by atoms with Crippen LogP contribution in [-0.2, 0) is 21.4 Å². The summed E-state index contributed by atoms with van der Waals surface area (Å²) in [7, 11) is -3.51. The standard InChI is InChI=1S/C24H32N4O4S/c1-4-27(5-2)33(31,32)22-13-11-20(12-14-22)18(3)26-24(30)25-17-19-8-6-9-21(16-19)28-15-7-10-23(28)29/h6,8-9,11-14,16,18H,4-5,7,10,15,17H2,1-3H3,(H2,25,26,30). The molecule has 0 saturated carbocycles. The van der Waals surface area contributed by atoms with Gasteiger partial charge in [0.25, 0.3) is 0 Å². The number of anilines is 1. The smallest absolute Gasteiger partial charge is 0.315 e. The monoisotopic (exact) mass is 472 g/mol. The van der Waals surface area contributed by atoms with Crippen molar-refractivity contribution in [1.29, 1.82) is 0 Å². The summed E-state index contributed by atoms with van der Waals surface area (Å²) in [6.07, 6.45) is 1.44. The summed E-state index contributed by atoms with van der Waals surface area (Å²) in [4.78, 5) is 26.4. The lowest BCUT2D eigenvalue weighted by molar-refractivity contribution is -0.117. The van der Waals surface area contributed by atoms with Crippen LogP contribution in [0.2, 0.25) is 0 Å². The summed E-state index contributed by atoms with van der Waals surface area (Å²) in [6, 6.07) is 13.6. The third-order valence-electron chi connectivity index (χ3n) is 5.82.